The molecule has 0 saturated carbocycles. The molecule has 0 spiro atoms. The third-order valence-electron chi connectivity index (χ3n) is 2.03. The Labute approximate surface area is 92.8 Å². The van der Waals surface area contributed by atoms with Gasteiger partial charge in [0.15, 0.2) is 0 Å². The van der Waals surface area contributed by atoms with E-state index in [1.54, 1.807) is 0 Å². The molecule has 5 heteroatoms. The van der Waals surface area contributed by atoms with Crippen LogP contribution in [0.2, 0.25) is 0 Å². The van der Waals surface area contributed by atoms with Gasteiger partial charge < -0.3 is 15.6 Å². The van der Waals surface area contributed by atoms with Crippen LogP contribution in [0.15, 0.2) is 18.2 Å². The van der Waals surface area contributed by atoms with E-state index in [4.69, 9.17) is 10.5 Å². The Balaban J connectivity index is 2.74. The number of aliphatic hydroxyl groups is 1. The van der Waals surface area contributed by atoms with E-state index < -0.39 is 17.8 Å². The van der Waals surface area contributed by atoms with E-state index in [0.717, 1.165) is 0 Å². The van der Waals surface area contributed by atoms with E-state index in [2.05, 4.69) is 0 Å². The van der Waals surface area contributed by atoms with Crippen LogP contribution in [0.4, 0.5) is 4.39 Å². The molecule has 3 N–H and O–H groups in total. The van der Waals surface area contributed by atoms with Gasteiger partial charge in [-0.25, -0.2) is 4.39 Å². The van der Waals surface area contributed by atoms with Crippen LogP contribution in [-0.4, -0.2) is 17.6 Å². The van der Waals surface area contributed by atoms with Gasteiger partial charge in [0.2, 0.25) is 5.91 Å². The molecule has 1 atom stereocenters. The van der Waals surface area contributed by atoms with Crippen molar-refractivity contribution in [2.75, 3.05) is 6.61 Å². The Kier molecular flexibility index (Phi) is 4.25. The Bertz CT molecular complexity index is 379. The van der Waals surface area contributed by atoms with Gasteiger partial charge in [-0.05, 0) is 25.1 Å². The maximum atomic E-state index is 12.9. The quantitative estimate of drug-likeness (QED) is 0.792. The van der Waals surface area contributed by atoms with Crippen molar-refractivity contribution in [3.05, 3.63) is 29.6 Å². The van der Waals surface area contributed by atoms with E-state index >= 15 is 0 Å². The second-order valence-electron chi connectivity index (χ2n) is 3.42. The lowest BCUT2D eigenvalue weighted by molar-refractivity contribution is -0.118. The number of amides is 1. The van der Waals surface area contributed by atoms with Crippen LogP contribution in [0.25, 0.3) is 0 Å². The summed E-state index contributed by atoms with van der Waals surface area (Å²) in [6.45, 7) is 1.62. The van der Waals surface area contributed by atoms with Crippen LogP contribution in [0.1, 0.15) is 25.0 Å². The summed E-state index contributed by atoms with van der Waals surface area (Å²) in [4.78, 5) is 10.5. The second-order valence-corrected chi connectivity index (χ2v) is 3.42. The van der Waals surface area contributed by atoms with Gasteiger partial charge in [0, 0.05) is 5.56 Å². The third kappa shape index (κ3) is 3.51. The van der Waals surface area contributed by atoms with Crippen molar-refractivity contribution in [1.82, 2.24) is 0 Å². The zero-order valence-corrected chi connectivity index (χ0v) is 8.94. The number of hydrogen-bond donors (Lipinski definition) is 2. The number of nitrogens with two attached hydrogens (primary N) is 1. The van der Waals surface area contributed by atoms with E-state index in [0.29, 0.717) is 11.3 Å². The van der Waals surface area contributed by atoms with Crippen molar-refractivity contribution in [2.24, 2.45) is 5.73 Å². The largest absolute Gasteiger partial charge is 0.493 e. The van der Waals surface area contributed by atoms with Crippen LogP contribution in [0.5, 0.6) is 5.75 Å². The first-order valence-electron chi connectivity index (χ1n) is 4.89. The van der Waals surface area contributed by atoms with Crippen molar-refractivity contribution in [3.8, 4) is 5.75 Å². The Hall–Kier alpha value is -1.62. The second kappa shape index (κ2) is 5.46. The van der Waals surface area contributed by atoms with Crippen molar-refractivity contribution >= 4 is 5.91 Å². The highest BCUT2D eigenvalue weighted by molar-refractivity contribution is 5.73. The SMILES string of the molecule is C[C@H](O)c1cc(F)ccc1OCCC(N)=O. The summed E-state index contributed by atoms with van der Waals surface area (Å²) in [6, 6.07) is 3.84. The summed E-state index contributed by atoms with van der Waals surface area (Å²) in [6.07, 6.45) is -0.754. The number of carbonyl (C=O) groups excluding carboxylic acids is 1. The van der Waals surface area contributed by atoms with Crippen LogP contribution in [-0.2, 0) is 4.79 Å². The van der Waals surface area contributed by atoms with Gasteiger partial charge >= 0.3 is 0 Å². The molecule has 0 fully saturated rings. The smallest absolute Gasteiger partial charge is 0.220 e. The molecule has 88 valence electrons. The first-order valence-corrected chi connectivity index (χ1v) is 4.89. The fourth-order valence-electron chi connectivity index (χ4n) is 1.24. The van der Waals surface area contributed by atoms with E-state index in [1.807, 2.05) is 0 Å². The highest BCUT2D eigenvalue weighted by Crippen LogP contribution is 2.25. The molecule has 0 radical (unpaired) electrons. The average Bonchev–Trinajstić information content (AvgIpc) is 2.19. The highest BCUT2D eigenvalue weighted by Gasteiger charge is 2.10. The first kappa shape index (κ1) is 12.4. The van der Waals surface area contributed by atoms with Crippen molar-refractivity contribution in [2.45, 2.75) is 19.4 Å². The molecule has 1 aromatic rings. The molecule has 1 aromatic carbocycles. The van der Waals surface area contributed by atoms with Crippen LogP contribution in [0, 0.1) is 5.82 Å². The number of aliphatic hydroxyl groups excluding tert-OH is 1. The number of ether oxygens (including phenoxy) is 1. The molecule has 0 aliphatic rings. The zero-order valence-electron chi connectivity index (χ0n) is 8.94. The maximum absolute atomic E-state index is 12.9. The van der Waals surface area contributed by atoms with Crippen LogP contribution in [0.3, 0.4) is 0 Å². The number of benzene rings is 1. The fraction of sp³-hybridized carbons (Fsp3) is 0.364. The van der Waals surface area contributed by atoms with E-state index in [9.17, 15) is 14.3 Å². The Morgan fingerprint density at radius 3 is 2.88 bits per heavy atom. The van der Waals surface area contributed by atoms with E-state index in [1.165, 1.54) is 25.1 Å². The van der Waals surface area contributed by atoms with Gasteiger partial charge in [0.1, 0.15) is 11.6 Å². The minimum atomic E-state index is -0.834. The van der Waals surface area contributed by atoms with Gasteiger partial charge in [-0.1, -0.05) is 0 Å². The van der Waals surface area contributed by atoms with Crippen molar-refractivity contribution < 1.29 is 19.0 Å². The molecule has 0 aromatic heterocycles. The summed E-state index contributed by atoms with van der Waals surface area (Å²) < 4.78 is 18.2. The molecule has 0 bridgehead atoms. The molecule has 0 heterocycles. The minimum absolute atomic E-state index is 0.0800. The zero-order chi connectivity index (χ0) is 12.1. The first-order chi connectivity index (χ1) is 7.50. The molecule has 0 aliphatic heterocycles. The van der Waals surface area contributed by atoms with Crippen LogP contribution >= 0.6 is 0 Å². The summed E-state index contributed by atoms with van der Waals surface area (Å²) in [5.41, 5.74) is 5.30. The van der Waals surface area contributed by atoms with Gasteiger partial charge in [0.05, 0.1) is 19.1 Å². The number of primary amides is 1. The standard InChI is InChI=1S/C11H14FNO3/c1-7(14)9-6-8(12)2-3-10(9)16-5-4-11(13)15/h2-3,6-7,14H,4-5H2,1H3,(H2,13,15)/t7-/m0/s1. The molecule has 0 saturated heterocycles. The molecule has 0 aliphatic carbocycles. The van der Waals surface area contributed by atoms with Gasteiger partial charge in [-0.2, -0.15) is 0 Å². The number of carbonyl (C=O) groups is 1. The number of halogens is 1. The molecule has 1 rings (SSSR count). The molecule has 1 amide bonds. The predicted molar refractivity (Wildman–Crippen MR) is 56.3 cm³/mol. The summed E-state index contributed by atoms with van der Waals surface area (Å²) >= 11 is 0. The topological polar surface area (TPSA) is 72.6 Å². The molecule has 4 nitrogen and oxygen atoms in total. The van der Waals surface area contributed by atoms with Crippen LogP contribution < -0.4 is 10.5 Å². The van der Waals surface area contributed by atoms with Crippen molar-refractivity contribution in [3.63, 3.8) is 0 Å². The Morgan fingerprint density at radius 2 is 2.31 bits per heavy atom. The minimum Gasteiger partial charge on any atom is -0.493 e. The lowest BCUT2D eigenvalue weighted by Gasteiger charge is -2.12. The fourth-order valence-corrected chi connectivity index (χ4v) is 1.24. The average molecular weight is 227 g/mol. The molecular formula is C11H14FNO3. The third-order valence-corrected chi connectivity index (χ3v) is 2.03. The molecular weight excluding hydrogens is 213 g/mol. The van der Waals surface area contributed by atoms with Crippen molar-refractivity contribution in [1.29, 1.82) is 0 Å². The summed E-state index contributed by atoms with van der Waals surface area (Å²) in [5.74, 6) is -0.559. The lowest BCUT2D eigenvalue weighted by Crippen LogP contribution is -2.15. The lowest BCUT2D eigenvalue weighted by atomic mass is 10.1. The Morgan fingerprint density at radius 1 is 1.62 bits per heavy atom. The number of hydrogen-bond acceptors (Lipinski definition) is 3. The molecule has 16 heavy (non-hydrogen) atoms. The number of rotatable bonds is 5. The molecule has 0 unspecified atom stereocenters. The van der Waals surface area contributed by atoms with Gasteiger partial charge in [0.25, 0.3) is 0 Å². The van der Waals surface area contributed by atoms with E-state index in [-0.39, 0.29) is 13.0 Å². The summed E-state index contributed by atoms with van der Waals surface area (Å²) in [5, 5.41) is 9.40. The maximum Gasteiger partial charge on any atom is 0.220 e. The monoisotopic (exact) mass is 227 g/mol. The van der Waals surface area contributed by atoms with Gasteiger partial charge in [-0.15, -0.1) is 0 Å². The predicted octanol–water partition coefficient (Wildman–Crippen LogP) is 1.13. The normalized spacial score (nSPS) is 12.2. The summed E-state index contributed by atoms with van der Waals surface area (Å²) in [7, 11) is 0. The highest BCUT2D eigenvalue weighted by atomic mass is 19.1. The van der Waals surface area contributed by atoms with Gasteiger partial charge in [-0.3, -0.25) is 4.79 Å².